The Hall–Kier alpha value is -2.02. The molecule has 0 saturated heterocycles. The van der Waals surface area contributed by atoms with E-state index in [0.29, 0.717) is 5.56 Å². The second kappa shape index (κ2) is 6.24. The highest BCUT2D eigenvalue weighted by molar-refractivity contribution is 5.72. The Labute approximate surface area is 112 Å². The molecule has 100 valence electrons. The van der Waals surface area contributed by atoms with Gasteiger partial charge in [-0.2, -0.15) is 5.26 Å². The van der Waals surface area contributed by atoms with Crippen LogP contribution in [0.15, 0.2) is 24.3 Å². The molecule has 0 radical (unpaired) electrons. The van der Waals surface area contributed by atoms with E-state index in [9.17, 15) is 4.79 Å². The van der Waals surface area contributed by atoms with Gasteiger partial charge in [0.1, 0.15) is 5.75 Å². The molecule has 0 unspecified atom stereocenters. The van der Waals surface area contributed by atoms with Crippen LogP contribution in [0.5, 0.6) is 5.75 Å². The average molecular weight is 259 g/mol. The number of rotatable bonds is 3. The van der Waals surface area contributed by atoms with Gasteiger partial charge in [0, 0.05) is 0 Å². The molecule has 0 spiro atoms. The van der Waals surface area contributed by atoms with Crippen molar-refractivity contribution < 1.29 is 14.3 Å². The van der Waals surface area contributed by atoms with Gasteiger partial charge in [-0.1, -0.05) is 6.07 Å². The van der Waals surface area contributed by atoms with Crippen molar-refractivity contribution in [3.8, 4) is 11.8 Å². The van der Waals surface area contributed by atoms with Gasteiger partial charge in [0.2, 0.25) is 0 Å². The minimum atomic E-state index is -0.120. The summed E-state index contributed by atoms with van der Waals surface area (Å²) in [5.41, 5.74) is 0.598. The molecule has 1 fully saturated rings. The summed E-state index contributed by atoms with van der Waals surface area (Å²) in [6.45, 7) is 0. The Kier molecular flexibility index (Phi) is 4.40. The largest absolute Gasteiger partial charge is 0.490 e. The van der Waals surface area contributed by atoms with Gasteiger partial charge < -0.3 is 9.47 Å². The Morgan fingerprint density at radius 3 is 2.68 bits per heavy atom. The molecule has 0 amide bonds. The van der Waals surface area contributed by atoms with Crippen molar-refractivity contribution in [2.45, 2.75) is 31.8 Å². The highest BCUT2D eigenvalue weighted by atomic mass is 16.5. The molecule has 0 heterocycles. The highest BCUT2D eigenvalue weighted by Gasteiger charge is 2.27. The van der Waals surface area contributed by atoms with E-state index < -0.39 is 0 Å². The monoisotopic (exact) mass is 259 g/mol. The number of hydrogen-bond donors (Lipinski definition) is 0. The lowest BCUT2D eigenvalue weighted by Gasteiger charge is -2.27. The normalized spacial score (nSPS) is 22.3. The first-order valence-electron chi connectivity index (χ1n) is 6.47. The second-order valence-electron chi connectivity index (χ2n) is 4.75. The zero-order valence-electron chi connectivity index (χ0n) is 11.0. The number of carbonyl (C=O) groups excluding carboxylic acids is 1. The van der Waals surface area contributed by atoms with Crippen LogP contribution in [-0.2, 0) is 9.53 Å². The van der Waals surface area contributed by atoms with Gasteiger partial charge in [-0.15, -0.1) is 0 Å². The van der Waals surface area contributed by atoms with Crippen LogP contribution in [0.2, 0.25) is 0 Å². The minimum Gasteiger partial charge on any atom is -0.490 e. The molecule has 0 bridgehead atoms. The summed E-state index contributed by atoms with van der Waals surface area (Å²) in [4.78, 5) is 11.4. The first-order chi connectivity index (χ1) is 9.22. The van der Waals surface area contributed by atoms with E-state index in [0.717, 1.165) is 31.4 Å². The van der Waals surface area contributed by atoms with Crippen molar-refractivity contribution in [1.29, 1.82) is 5.26 Å². The number of benzene rings is 1. The summed E-state index contributed by atoms with van der Waals surface area (Å²) in [6, 6.07) is 9.25. The lowest BCUT2D eigenvalue weighted by Crippen LogP contribution is -2.28. The van der Waals surface area contributed by atoms with Gasteiger partial charge in [-0.25, -0.2) is 0 Å². The molecule has 2 rings (SSSR count). The third kappa shape index (κ3) is 3.47. The average Bonchev–Trinajstić information content (AvgIpc) is 2.47. The van der Waals surface area contributed by atoms with Gasteiger partial charge >= 0.3 is 5.97 Å². The lowest BCUT2D eigenvalue weighted by atomic mass is 9.87. The molecule has 0 aromatic heterocycles. The molecule has 1 saturated carbocycles. The summed E-state index contributed by atoms with van der Waals surface area (Å²) < 4.78 is 10.6. The molecule has 19 heavy (non-hydrogen) atoms. The number of methoxy groups -OCH3 is 1. The second-order valence-corrected chi connectivity index (χ2v) is 4.75. The van der Waals surface area contributed by atoms with Crippen LogP contribution in [0, 0.1) is 17.2 Å². The quantitative estimate of drug-likeness (QED) is 0.783. The summed E-state index contributed by atoms with van der Waals surface area (Å²) in [7, 11) is 1.43. The number of nitriles is 1. The Morgan fingerprint density at radius 1 is 1.32 bits per heavy atom. The Bertz CT molecular complexity index is 484. The van der Waals surface area contributed by atoms with Gasteiger partial charge in [0.15, 0.2) is 0 Å². The van der Waals surface area contributed by atoms with Crippen LogP contribution in [-0.4, -0.2) is 19.2 Å². The molecule has 1 aromatic rings. The molecule has 1 aliphatic carbocycles. The number of esters is 1. The van der Waals surface area contributed by atoms with E-state index in [2.05, 4.69) is 6.07 Å². The number of ether oxygens (including phenoxy) is 2. The third-order valence-electron chi connectivity index (χ3n) is 3.47. The summed E-state index contributed by atoms with van der Waals surface area (Å²) in [5, 5.41) is 8.83. The Balaban J connectivity index is 1.89. The number of nitrogens with zero attached hydrogens (tertiary/aromatic N) is 1. The highest BCUT2D eigenvalue weighted by Crippen LogP contribution is 2.28. The van der Waals surface area contributed by atoms with Crippen molar-refractivity contribution in [2.24, 2.45) is 5.92 Å². The van der Waals surface area contributed by atoms with E-state index in [1.807, 2.05) is 12.1 Å². The molecule has 0 aliphatic heterocycles. The predicted molar refractivity (Wildman–Crippen MR) is 69.5 cm³/mol. The summed E-state index contributed by atoms with van der Waals surface area (Å²) in [5.74, 6) is 0.612. The number of hydrogen-bond acceptors (Lipinski definition) is 4. The SMILES string of the molecule is COC(=O)C1CCC(Oc2cccc(C#N)c2)CC1. The van der Waals surface area contributed by atoms with Crippen LogP contribution in [0.4, 0.5) is 0 Å². The Morgan fingerprint density at radius 2 is 2.05 bits per heavy atom. The van der Waals surface area contributed by atoms with Crippen LogP contribution >= 0.6 is 0 Å². The lowest BCUT2D eigenvalue weighted by molar-refractivity contribution is -0.147. The molecule has 0 N–H and O–H groups in total. The van der Waals surface area contributed by atoms with Gasteiger partial charge in [0.05, 0.1) is 30.8 Å². The van der Waals surface area contributed by atoms with E-state index in [1.165, 1.54) is 7.11 Å². The smallest absolute Gasteiger partial charge is 0.308 e. The van der Waals surface area contributed by atoms with Crippen LogP contribution in [0.25, 0.3) is 0 Å². The van der Waals surface area contributed by atoms with Crippen molar-refractivity contribution in [1.82, 2.24) is 0 Å². The van der Waals surface area contributed by atoms with Crippen molar-refractivity contribution in [3.05, 3.63) is 29.8 Å². The fraction of sp³-hybridized carbons (Fsp3) is 0.467. The van der Waals surface area contributed by atoms with Gasteiger partial charge in [0.25, 0.3) is 0 Å². The molecule has 1 aromatic carbocycles. The van der Waals surface area contributed by atoms with E-state index >= 15 is 0 Å². The van der Waals surface area contributed by atoms with Crippen LogP contribution < -0.4 is 4.74 Å². The summed E-state index contributed by atoms with van der Waals surface area (Å²) in [6.07, 6.45) is 3.41. The molecule has 1 aliphatic rings. The minimum absolute atomic E-state index is 0.00953. The third-order valence-corrected chi connectivity index (χ3v) is 3.47. The summed E-state index contributed by atoms with van der Waals surface area (Å²) >= 11 is 0. The van der Waals surface area contributed by atoms with Crippen molar-refractivity contribution >= 4 is 5.97 Å². The van der Waals surface area contributed by atoms with Crippen LogP contribution in [0.1, 0.15) is 31.2 Å². The standard InChI is InChI=1S/C15H17NO3/c1-18-15(17)12-5-7-13(8-6-12)19-14-4-2-3-11(9-14)10-16/h2-4,9,12-13H,5-8H2,1H3. The zero-order valence-corrected chi connectivity index (χ0v) is 11.0. The fourth-order valence-corrected chi connectivity index (χ4v) is 2.41. The molecule has 4 nitrogen and oxygen atoms in total. The van der Waals surface area contributed by atoms with Gasteiger partial charge in [-0.05, 0) is 43.9 Å². The first-order valence-corrected chi connectivity index (χ1v) is 6.47. The van der Waals surface area contributed by atoms with Gasteiger partial charge in [-0.3, -0.25) is 4.79 Å². The molecular formula is C15H17NO3. The maximum Gasteiger partial charge on any atom is 0.308 e. The maximum atomic E-state index is 11.4. The van der Waals surface area contributed by atoms with Crippen LogP contribution in [0.3, 0.4) is 0 Å². The molecule has 0 atom stereocenters. The predicted octanol–water partition coefficient (Wildman–Crippen LogP) is 2.67. The molecule has 4 heteroatoms. The van der Waals surface area contributed by atoms with Crippen molar-refractivity contribution in [2.75, 3.05) is 7.11 Å². The molecular weight excluding hydrogens is 242 g/mol. The van der Waals surface area contributed by atoms with E-state index in [1.54, 1.807) is 12.1 Å². The maximum absolute atomic E-state index is 11.4. The zero-order chi connectivity index (χ0) is 13.7. The topological polar surface area (TPSA) is 59.3 Å². The van der Waals surface area contributed by atoms with E-state index in [-0.39, 0.29) is 18.0 Å². The van der Waals surface area contributed by atoms with Crippen molar-refractivity contribution in [3.63, 3.8) is 0 Å². The van der Waals surface area contributed by atoms with E-state index in [4.69, 9.17) is 14.7 Å². The fourth-order valence-electron chi connectivity index (χ4n) is 2.41. The first kappa shape index (κ1) is 13.4. The number of carbonyl (C=O) groups is 1.